The molecule has 0 spiro atoms. The Morgan fingerprint density at radius 3 is 2.41 bits per heavy atom. The lowest BCUT2D eigenvalue weighted by atomic mass is 9.69. The first-order chi connectivity index (χ1) is 17.6. The molecule has 4 rings (SSSR count). The molecule has 37 heavy (non-hydrogen) atoms. The van der Waals surface area contributed by atoms with Gasteiger partial charge in [0.15, 0.2) is 17.7 Å². The van der Waals surface area contributed by atoms with Crippen LogP contribution < -0.4 is 24.2 Å². The summed E-state index contributed by atoms with van der Waals surface area (Å²) in [5.74, 6) is 0.163. The molecule has 198 valence electrons. The van der Waals surface area contributed by atoms with Crippen LogP contribution in [-0.4, -0.2) is 64.1 Å². The lowest BCUT2D eigenvalue weighted by molar-refractivity contribution is -0.749. The van der Waals surface area contributed by atoms with Gasteiger partial charge in [0, 0.05) is 17.3 Å². The first-order valence-corrected chi connectivity index (χ1v) is 12.3. The quantitative estimate of drug-likeness (QED) is 0.421. The highest BCUT2D eigenvalue weighted by molar-refractivity contribution is 6.08. The van der Waals surface area contributed by atoms with Gasteiger partial charge in [0.05, 0.1) is 26.9 Å². The van der Waals surface area contributed by atoms with E-state index in [2.05, 4.69) is 13.8 Å². The molecular formula is C28H36N3O6+. The number of carbonyl (C=O) groups is 1. The smallest absolute Gasteiger partial charge is 0.337 e. The molecule has 1 aromatic rings. The lowest BCUT2D eigenvalue weighted by Crippen LogP contribution is -3.06. The van der Waals surface area contributed by atoms with Crippen molar-refractivity contribution >= 4 is 18.0 Å². The highest BCUT2D eigenvalue weighted by Gasteiger charge is 2.40. The summed E-state index contributed by atoms with van der Waals surface area (Å²) in [5, 5.41) is 13.6. The molecule has 1 aromatic carbocycles. The number of ether oxygens (including phenoxy) is 4. The Morgan fingerprint density at radius 2 is 1.84 bits per heavy atom. The molecule has 0 radical (unpaired) electrons. The van der Waals surface area contributed by atoms with Crippen LogP contribution in [-0.2, 0) is 9.53 Å². The SMILES string of the molecule is COc1cc(C2C3=C([O-])CC(C)(C)CC3=NC(C)=C2C(=O)OCC[NH+]2C=C[N+](C)=C2)cc(OC)c1OC. The van der Waals surface area contributed by atoms with Gasteiger partial charge in [0.25, 0.3) is 0 Å². The summed E-state index contributed by atoms with van der Waals surface area (Å²) < 4.78 is 24.4. The van der Waals surface area contributed by atoms with E-state index in [0.717, 1.165) is 10.6 Å². The fourth-order valence-corrected chi connectivity index (χ4v) is 5.26. The molecule has 0 bridgehead atoms. The number of nitrogens with one attached hydrogen (secondary N) is 1. The average molecular weight is 511 g/mol. The fourth-order valence-electron chi connectivity index (χ4n) is 5.26. The van der Waals surface area contributed by atoms with Crippen molar-refractivity contribution in [1.82, 2.24) is 0 Å². The summed E-state index contributed by atoms with van der Waals surface area (Å²) in [6.45, 7) is 6.73. The molecule has 0 saturated heterocycles. The number of hydrogen-bond acceptors (Lipinski definition) is 7. The van der Waals surface area contributed by atoms with Gasteiger partial charge in [0.2, 0.25) is 11.9 Å². The molecule has 2 aliphatic heterocycles. The Hall–Kier alpha value is -3.59. The van der Waals surface area contributed by atoms with Gasteiger partial charge < -0.3 is 24.1 Å². The minimum Gasteiger partial charge on any atom is -0.875 e. The van der Waals surface area contributed by atoms with Gasteiger partial charge >= 0.3 is 12.3 Å². The van der Waals surface area contributed by atoms with E-state index in [0.29, 0.717) is 59.0 Å². The first-order valence-electron chi connectivity index (χ1n) is 12.3. The Morgan fingerprint density at radius 1 is 1.16 bits per heavy atom. The maximum atomic E-state index is 13.6. The third kappa shape index (κ3) is 5.27. The molecule has 1 N–H and O–H groups in total. The summed E-state index contributed by atoms with van der Waals surface area (Å²) in [6.07, 6.45) is 6.95. The summed E-state index contributed by atoms with van der Waals surface area (Å²) in [6, 6.07) is 3.58. The molecule has 9 heteroatoms. The minimum absolute atomic E-state index is 0.0177. The van der Waals surface area contributed by atoms with Gasteiger partial charge in [-0.25, -0.2) is 9.69 Å². The zero-order valence-electron chi connectivity index (χ0n) is 22.6. The van der Waals surface area contributed by atoms with Crippen LogP contribution in [0.4, 0.5) is 0 Å². The van der Waals surface area contributed by atoms with Crippen molar-refractivity contribution in [2.75, 3.05) is 41.5 Å². The van der Waals surface area contributed by atoms with Crippen molar-refractivity contribution in [2.24, 2.45) is 10.4 Å². The van der Waals surface area contributed by atoms with E-state index in [4.69, 9.17) is 23.9 Å². The van der Waals surface area contributed by atoms with Crippen molar-refractivity contribution < 1.29 is 38.3 Å². The topological polar surface area (TPSA) is 96.9 Å². The fraction of sp³-hybridized carbons (Fsp3) is 0.464. The average Bonchev–Trinajstić information content (AvgIpc) is 3.25. The first kappa shape index (κ1) is 26.5. The molecule has 0 fully saturated rings. The summed E-state index contributed by atoms with van der Waals surface area (Å²) in [4.78, 5) is 19.4. The third-order valence-corrected chi connectivity index (χ3v) is 6.92. The molecule has 0 amide bonds. The third-order valence-electron chi connectivity index (χ3n) is 6.92. The number of hydrogen-bond donors (Lipinski definition) is 1. The van der Waals surface area contributed by atoms with Gasteiger partial charge in [-0.2, -0.15) is 4.58 Å². The van der Waals surface area contributed by atoms with Crippen LogP contribution in [0.3, 0.4) is 0 Å². The number of quaternary nitrogens is 1. The van der Waals surface area contributed by atoms with Crippen LogP contribution in [0.5, 0.6) is 17.2 Å². The Balaban J connectivity index is 1.78. The second-order valence-corrected chi connectivity index (χ2v) is 10.4. The highest BCUT2D eigenvalue weighted by Crippen LogP contribution is 2.49. The molecule has 3 aliphatic rings. The van der Waals surface area contributed by atoms with Crippen molar-refractivity contribution in [3.05, 3.63) is 52.7 Å². The van der Waals surface area contributed by atoms with Crippen LogP contribution >= 0.6 is 0 Å². The van der Waals surface area contributed by atoms with Crippen molar-refractivity contribution in [3.8, 4) is 17.2 Å². The minimum atomic E-state index is -0.658. The van der Waals surface area contributed by atoms with Crippen LogP contribution in [0, 0.1) is 5.41 Å². The molecule has 2 atom stereocenters. The Labute approximate surface area is 218 Å². The largest absolute Gasteiger partial charge is 0.875 e. The van der Waals surface area contributed by atoms with Gasteiger partial charge in [-0.15, -0.1) is 5.76 Å². The maximum absolute atomic E-state index is 13.6. The van der Waals surface area contributed by atoms with Crippen LogP contribution in [0.1, 0.15) is 45.1 Å². The van der Waals surface area contributed by atoms with Crippen molar-refractivity contribution in [2.45, 2.75) is 39.5 Å². The summed E-state index contributed by atoms with van der Waals surface area (Å²) >= 11 is 0. The van der Waals surface area contributed by atoms with Gasteiger partial charge in [-0.05, 0) is 48.4 Å². The second kappa shape index (κ2) is 10.4. The number of aliphatic imine (C=N–C) groups is 1. The molecule has 9 nitrogen and oxygen atoms in total. The summed E-state index contributed by atoms with van der Waals surface area (Å²) in [5.41, 5.74) is 2.63. The maximum Gasteiger partial charge on any atom is 0.337 e. The summed E-state index contributed by atoms with van der Waals surface area (Å²) in [7, 11) is 6.56. The monoisotopic (exact) mass is 510 g/mol. The number of esters is 1. The number of fused-ring (bicyclic) bond motifs is 1. The van der Waals surface area contributed by atoms with Crippen molar-refractivity contribution in [3.63, 3.8) is 0 Å². The van der Waals surface area contributed by atoms with E-state index in [1.165, 1.54) is 21.3 Å². The normalized spacial score (nSPS) is 22.4. The molecule has 0 aromatic heterocycles. The number of nitrogens with zero attached hydrogens (tertiary/aromatic N) is 2. The van der Waals surface area contributed by atoms with E-state index >= 15 is 0 Å². The lowest BCUT2D eigenvalue weighted by Gasteiger charge is -2.42. The standard InChI is InChI=1S/C28H35N3O6/c1-17-23(27(33)37-11-10-31-9-8-30(4)16-31)24(25-19(29-17)14-28(2,3)15-20(25)32)18-12-21(34-5)26(36-7)22(13-18)35-6/h8-9,12-13,16,24H,10-11,14-15H2,1-7H3/p+1. The molecular weight excluding hydrogens is 474 g/mol. The van der Waals surface area contributed by atoms with E-state index in [1.54, 1.807) is 19.1 Å². The molecule has 2 unspecified atom stereocenters. The molecule has 0 saturated carbocycles. The zero-order valence-corrected chi connectivity index (χ0v) is 22.6. The van der Waals surface area contributed by atoms with E-state index < -0.39 is 11.9 Å². The number of carbonyl (C=O) groups excluding carboxylic acids is 1. The predicted octanol–water partition coefficient (Wildman–Crippen LogP) is 1.54. The van der Waals surface area contributed by atoms with Crippen LogP contribution in [0.2, 0.25) is 0 Å². The van der Waals surface area contributed by atoms with Gasteiger partial charge in [0.1, 0.15) is 20.2 Å². The Kier molecular flexibility index (Phi) is 7.45. The van der Waals surface area contributed by atoms with Crippen LogP contribution in [0.15, 0.2) is 52.1 Å². The number of benzene rings is 1. The Bertz CT molecular complexity index is 1230. The van der Waals surface area contributed by atoms with Crippen molar-refractivity contribution in [1.29, 1.82) is 0 Å². The number of methoxy groups -OCH3 is 3. The zero-order chi connectivity index (χ0) is 26.9. The van der Waals surface area contributed by atoms with E-state index in [-0.39, 0.29) is 17.8 Å². The van der Waals surface area contributed by atoms with E-state index in [9.17, 15) is 9.90 Å². The molecule has 1 aliphatic carbocycles. The van der Waals surface area contributed by atoms with E-state index in [1.807, 2.05) is 30.4 Å². The van der Waals surface area contributed by atoms with Gasteiger partial charge in [-0.1, -0.05) is 13.8 Å². The highest BCUT2D eigenvalue weighted by atomic mass is 16.5. The number of allylic oxidation sites excluding steroid dienone is 3. The second-order valence-electron chi connectivity index (χ2n) is 10.4. The van der Waals surface area contributed by atoms with Gasteiger partial charge in [-0.3, -0.25) is 4.99 Å². The van der Waals surface area contributed by atoms with Crippen LogP contribution in [0.25, 0.3) is 0 Å². The predicted molar refractivity (Wildman–Crippen MR) is 137 cm³/mol. The molecule has 2 heterocycles. The number of rotatable bonds is 8.